The third-order valence-corrected chi connectivity index (χ3v) is 3.59. The number of hydrogen-bond donors (Lipinski definition) is 0. The van der Waals surface area contributed by atoms with Crippen LogP contribution in [0.25, 0.3) is 10.9 Å². The number of thiazole rings is 1. The minimum absolute atomic E-state index is 0.866. The minimum atomic E-state index is 0.866. The summed E-state index contributed by atoms with van der Waals surface area (Å²) in [6.07, 6.45) is 4.00. The molecule has 0 N–H and O–H groups in total. The summed E-state index contributed by atoms with van der Waals surface area (Å²) in [5.41, 5.74) is 2.62. The second-order valence-electron chi connectivity index (χ2n) is 3.88. The first kappa shape index (κ1) is 9.60. The molecular weight excluding hydrogens is 216 g/mol. The zero-order chi connectivity index (χ0) is 11.0. The summed E-state index contributed by atoms with van der Waals surface area (Å²) in [7, 11) is 0. The van der Waals surface area contributed by atoms with Crippen LogP contribution in [0.1, 0.15) is 10.6 Å². The Hall–Kier alpha value is -1.61. The van der Waals surface area contributed by atoms with Gasteiger partial charge in [-0.2, -0.15) is 0 Å². The van der Waals surface area contributed by atoms with Gasteiger partial charge in [-0.3, -0.25) is 0 Å². The summed E-state index contributed by atoms with van der Waals surface area (Å²) < 4.78 is 2.25. The molecule has 0 spiro atoms. The molecule has 2 nitrogen and oxygen atoms in total. The molecule has 0 amide bonds. The Morgan fingerprint density at radius 2 is 2.25 bits per heavy atom. The highest BCUT2D eigenvalue weighted by atomic mass is 32.1. The molecule has 1 aromatic carbocycles. The van der Waals surface area contributed by atoms with Gasteiger partial charge in [-0.05, 0) is 24.6 Å². The van der Waals surface area contributed by atoms with Gasteiger partial charge >= 0.3 is 0 Å². The van der Waals surface area contributed by atoms with Crippen LogP contribution >= 0.6 is 11.3 Å². The van der Waals surface area contributed by atoms with E-state index in [0.29, 0.717) is 0 Å². The fraction of sp³-hybridized carbons (Fsp3) is 0.154. The molecule has 3 rings (SSSR count). The van der Waals surface area contributed by atoms with Crippen LogP contribution in [0.2, 0.25) is 0 Å². The van der Waals surface area contributed by atoms with E-state index in [2.05, 4.69) is 46.9 Å². The Balaban J connectivity index is 2.08. The molecule has 2 aromatic heterocycles. The zero-order valence-electron chi connectivity index (χ0n) is 9.05. The average molecular weight is 228 g/mol. The number of hydrogen-bond acceptors (Lipinski definition) is 2. The van der Waals surface area contributed by atoms with Crippen LogP contribution in [0.5, 0.6) is 0 Å². The SMILES string of the molecule is Cc1cccc2c1ccn2Cc1nccs1. The Kier molecular flexibility index (Phi) is 2.26. The van der Waals surface area contributed by atoms with E-state index in [9.17, 15) is 0 Å². The van der Waals surface area contributed by atoms with E-state index in [-0.39, 0.29) is 0 Å². The van der Waals surface area contributed by atoms with E-state index < -0.39 is 0 Å². The number of benzene rings is 1. The van der Waals surface area contributed by atoms with Crippen LogP contribution in [-0.4, -0.2) is 9.55 Å². The predicted molar refractivity (Wildman–Crippen MR) is 67.9 cm³/mol. The maximum atomic E-state index is 4.32. The smallest absolute Gasteiger partial charge is 0.112 e. The second kappa shape index (κ2) is 3.76. The number of aromatic nitrogens is 2. The summed E-state index contributed by atoms with van der Waals surface area (Å²) in [5.74, 6) is 0. The zero-order valence-corrected chi connectivity index (χ0v) is 9.87. The Morgan fingerprint density at radius 3 is 3.06 bits per heavy atom. The highest BCUT2D eigenvalue weighted by Crippen LogP contribution is 2.20. The third kappa shape index (κ3) is 1.53. The maximum Gasteiger partial charge on any atom is 0.112 e. The first-order valence-corrected chi connectivity index (χ1v) is 6.15. The van der Waals surface area contributed by atoms with Crippen LogP contribution in [-0.2, 0) is 6.54 Å². The van der Waals surface area contributed by atoms with Crippen molar-refractivity contribution in [1.29, 1.82) is 0 Å². The summed E-state index contributed by atoms with van der Waals surface area (Å²) in [5, 5.41) is 4.50. The van der Waals surface area contributed by atoms with Crippen LogP contribution < -0.4 is 0 Å². The van der Waals surface area contributed by atoms with Crippen molar-refractivity contribution >= 4 is 22.2 Å². The summed E-state index contributed by atoms with van der Waals surface area (Å²) in [4.78, 5) is 4.32. The Labute approximate surface area is 98.2 Å². The predicted octanol–water partition coefficient (Wildman–Crippen LogP) is 3.45. The van der Waals surface area contributed by atoms with Gasteiger partial charge in [-0.15, -0.1) is 11.3 Å². The van der Waals surface area contributed by atoms with Gasteiger partial charge < -0.3 is 4.57 Å². The molecular formula is C13H12N2S. The van der Waals surface area contributed by atoms with E-state index in [1.54, 1.807) is 11.3 Å². The maximum absolute atomic E-state index is 4.32. The van der Waals surface area contributed by atoms with Crippen molar-refractivity contribution in [3.8, 4) is 0 Å². The molecule has 3 aromatic rings. The van der Waals surface area contributed by atoms with Crippen molar-refractivity contribution in [2.24, 2.45) is 0 Å². The van der Waals surface area contributed by atoms with Gasteiger partial charge in [0.05, 0.1) is 6.54 Å². The lowest BCUT2D eigenvalue weighted by Gasteiger charge is -2.03. The van der Waals surface area contributed by atoms with E-state index in [0.717, 1.165) is 11.6 Å². The largest absolute Gasteiger partial charge is 0.341 e. The summed E-state index contributed by atoms with van der Waals surface area (Å²) in [6, 6.07) is 8.60. The van der Waals surface area contributed by atoms with Crippen molar-refractivity contribution in [3.63, 3.8) is 0 Å². The molecule has 0 saturated carbocycles. The normalized spacial score (nSPS) is 11.1. The fourth-order valence-corrected chi connectivity index (χ4v) is 2.61. The Bertz CT molecular complexity index is 608. The van der Waals surface area contributed by atoms with Crippen molar-refractivity contribution in [2.75, 3.05) is 0 Å². The van der Waals surface area contributed by atoms with Crippen molar-refractivity contribution in [1.82, 2.24) is 9.55 Å². The first-order chi connectivity index (χ1) is 7.84. The quantitative estimate of drug-likeness (QED) is 0.657. The molecule has 0 atom stereocenters. The van der Waals surface area contributed by atoms with Crippen molar-refractivity contribution in [3.05, 3.63) is 52.6 Å². The van der Waals surface area contributed by atoms with E-state index in [1.165, 1.54) is 16.5 Å². The second-order valence-corrected chi connectivity index (χ2v) is 4.86. The highest BCUT2D eigenvalue weighted by molar-refractivity contribution is 7.09. The average Bonchev–Trinajstić information content (AvgIpc) is 2.90. The molecule has 16 heavy (non-hydrogen) atoms. The fourth-order valence-electron chi connectivity index (χ4n) is 1.99. The van der Waals surface area contributed by atoms with Crippen LogP contribution in [0.4, 0.5) is 0 Å². The van der Waals surface area contributed by atoms with Gasteiger partial charge in [0.1, 0.15) is 5.01 Å². The molecule has 80 valence electrons. The van der Waals surface area contributed by atoms with E-state index >= 15 is 0 Å². The van der Waals surface area contributed by atoms with Crippen molar-refractivity contribution in [2.45, 2.75) is 13.5 Å². The molecule has 2 heterocycles. The number of nitrogens with zero attached hydrogens (tertiary/aromatic N) is 2. The molecule has 0 aliphatic heterocycles. The molecule has 0 aliphatic carbocycles. The first-order valence-electron chi connectivity index (χ1n) is 5.27. The van der Waals surface area contributed by atoms with E-state index in [1.807, 2.05) is 11.6 Å². The lowest BCUT2D eigenvalue weighted by atomic mass is 10.1. The molecule has 0 bridgehead atoms. The summed E-state index contributed by atoms with van der Waals surface area (Å²) in [6.45, 7) is 3.01. The lowest BCUT2D eigenvalue weighted by Crippen LogP contribution is -1.96. The number of rotatable bonds is 2. The number of fused-ring (bicyclic) bond motifs is 1. The van der Waals surface area contributed by atoms with Crippen LogP contribution in [0, 0.1) is 6.92 Å². The van der Waals surface area contributed by atoms with Gasteiger partial charge in [0.2, 0.25) is 0 Å². The van der Waals surface area contributed by atoms with Gasteiger partial charge in [0.15, 0.2) is 0 Å². The van der Waals surface area contributed by atoms with Crippen LogP contribution in [0.15, 0.2) is 42.0 Å². The van der Waals surface area contributed by atoms with Gasteiger partial charge in [-0.1, -0.05) is 12.1 Å². The standard InChI is InChI=1S/C13H12N2S/c1-10-3-2-4-12-11(10)5-7-15(12)9-13-14-6-8-16-13/h2-8H,9H2,1H3. The van der Waals surface area contributed by atoms with E-state index in [4.69, 9.17) is 0 Å². The topological polar surface area (TPSA) is 17.8 Å². The molecule has 0 saturated heterocycles. The van der Waals surface area contributed by atoms with Crippen molar-refractivity contribution < 1.29 is 0 Å². The summed E-state index contributed by atoms with van der Waals surface area (Å²) >= 11 is 1.70. The monoisotopic (exact) mass is 228 g/mol. The molecule has 0 aliphatic rings. The molecule has 3 heteroatoms. The Morgan fingerprint density at radius 1 is 1.31 bits per heavy atom. The molecule has 0 unspecified atom stereocenters. The van der Waals surface area contributed by atoms with Gasteiger partial charge in [-0.25, -0.2) is 4.98 Å². The minimum Gasteiger partial charge on any atom is -0.341 e. The highest BCUT2D eigenvalue weighted by Gasteiger charge is 2.04. The van der Waals surface area contributed by atoms with Crippen LogP contribution in [0.3, 0.4) is 0 Å². The van der Waals surface area contributed by atoms with Gasteiger partial charge in [0.25, 0.3) is 0 Å². The van der Waals surface area contributed by atoms with Gasteiger partial charge in [0, 0.05) is 28.7 Å². The number of aryl methyl sites for hydroxylation is 1. The molecule has 0 fully saturated rings. The lowest BCUT2D eigenvalue weighted by molar-refractivity contribution is 0.828. The molecule has 0 radical (unpaired) electrons. The third-order valence-electron chi connectivity index (χ3n) is 2.82.